The molecule has 1 fully saturated rings. The van der Waals surface area contributed by atoms with Crippen molar-refractivity contribution < 1.29 is 5.11 Å². The molecule has 3 rings (SSSR count). The first kappa shape index (κ1) is 13.5. The van der Waals surface area contributed by atoms with E-state index in [0.717, 1.165) is 6.42 Å². The third-order valence-electron chi connectivity index (χ3n) is 3.78. The fourth-order valence-electron chi connectivity index (χ4n) is 2.57. The van der Waals surface area contributed by atoms with Gasteiger partial charge < -0.3 is 10.1 Å². The molecule has 2 heterocycles. The molecule has 106 valence electrons. The number of benzene rings is 1. The Morgan fingerprint density at radius 3 is 2.95 bits per heavy atom. The molecule has 1 saturated heterocycles. The highest BCUT2D eigenvalue weighted by Crippen LogP contribution is 2.25. The molecular formula is C14H16ClN3O2. The highest BCUT2D eigenvalue weighted by Gasteiger charge is 2.39. The molecule has 0 radical (unpaired) electrons. The van der Waals surface area contributed by atoms with Crippen LogP contribution >= 0.6 is 11.6 Å². The molecule has 0 unspecified atom stereocenters. The number of β-amino-alcohol motifs (C(OH)–C–C–N with tert-alkyl or cyclic N) is 1. The van der Waals surface area contributed by atoms with Gasteiger partial charge in [0.2, 0.25) is 0 Å². The van der Waals surface area contributed by atoms with E-state index in [9.17, 15) is 9.90 Å². The van der Waals surface area contributed by atoms with Crippen LogP contribution in [-0.2, 0) is 6.54 Å². The third kappa shape index (κ3) is 2.44. The van der Waals surface area contributed by atoms with Gasteiger partial charge in [0.15, 0.2) is 0 Å². The van der Waals surface area contributed by atoms with Crippen LogP contribution in [0.1, 0.15) is 19.2 Å². The molecule has 1 aliphatic rings. The standard InChI is InChI=1S/C14H16ClN3O2/c1-2-14(20)7-18(8-14)6-12-16-11-4-3-9(15)5-10(11)13(19)17-12/h3-5,20H,2,6-8H2,1H3,(H,16,17,19). The van der Waals surface area contributed by atoms with Crippen LogP contribution in [0.3, 0.4) is 0 Å². The van der Waals surface area contributed by atoms with Crippen LogP contribution in [0.25, 0.3) is 10.9 Å². The number of aliphatic hydroxyl groups is 1. The monoisotopic (exact) mass is 293 g/mol. The summed E-state index contributed by atoms with van der Waals surface area (Å²) >= 11 is 5.88. The van der Waals surface area contributed by atoms with Crippen LogP contribution in [0.4, 0.5) is 0 Å². The summed E-state index contributed by atoms with van der Waals surface area (Å²) in [4.78, 5) is 21.3. The molecule has 20 heavy (non-hydrogen) atoms. The average molecular weight is 294 g/mol. The molecule has 0 saturated carbocycles. The number of aromatic amines is 1. The molecule has 6 heteroatoms. The van der Waals surface area contributed by atoms with Gasteiger partial charge in [0.25, 0.3) is 5.56 Å². The zero-order valence-electron chi connectivity index (χ0n) is 11.2. The van der Waals surface area contributed by atoms with Gasteiger partial charge in [-0.3, -0.25) is 9.69 Å². The summed E-state index contributed by atoms with van der Waals surface area (Å²) in [5.74, 6) is 0.614. The summed E-state index contributed by atoms with van der Waals surface area (Å²) in [5.41, 5.74) is -0.122. The average Bonchev–Trinajstić information content (AvgIpc) is 2.38. The Morgan fingerprint density at radius 2 is 2.25 bits per heavy atom. The number of H-pyrrole nitrogens is 1. The predicted octanol–water partition coefficient (Wildman–Crippen LogP) is 1.53. The maximum atomic E-state index is 12.0. The van der Waals surface area contributed by atoms with Crippen LogP contribution in [0.5, 0.6) is 0 Å². The van der Waals surface area contributed by atoms with Crippen molar-refractivity contribution in [2.45, 2.75) is 25.5 Å². The Hall–Kier alpha value is -1.43. The van der Waals surface area contributed by atoms with E-state index < -0.39 is 5.60 Å². The number of hydrogen-bond donors (Lipinski definition) is 2. The van der Waals surface area contributed by atoms with Gasteiger partial charge in [0.05, 0.1) is 23.0 Å². The molecule has 2 aromatic rings. The lowest BCUT2D eigenvalue weighted by Crippen LogP contribution is -2.60. The number of halogens is 1. The van der Waals surface area contributed by atoms with Crippen molar-refractivity contribution in [1.82, 2.24) is 14.9 Å². The first-order chi connectivity index (χ1) is 9.49. The second kappa shape index (κ2) is 4.84. The summed E-state index contributed by atoms with van der Waals surface area (Å²) in [6.45, 7) is 3.74. The van der Waals surface area contributed by atoms with Gasteiger partial charge in [-0.05, 0) is 24.6 Å². The number of rotatable bonds is 3. The van der Waals surface area contributed by atoms with Crippen molar-refractivity contribution in [2.24, 2.45) is 0 Å². The van der Waals surface area contributed by atoms with Crippen molar-refractivity contribution in [3.63, 3.8) is 0 Å². The van der Waals surface area contributed by atoms with E-state index in [0.29, 0.717) is 41.4 Å². The lowest BCUT2D eigenvalue weighted by molar-refractivity contribution is -0.104. The van der Waals surface area contributed by atoms with Crippen molar-refractivity contribution in [3.05, 3.63) is 39.4 Å². The Kier molecular flexibility index (Phi) is 3.28. The Bertz CT molecular complexity index is 707. The van der Waals surface area contributed by atoms with Gasteiger partial charge in [-0.2, -0.15) is 0 Å². The lowest BCUT2D eigenvalue weighted by Gasteiger charge is -2.45. The smallest absolute Gasteiger partial charge is 0.258 e. The second-order valence-corrected chi connectivity index (χ2v) is 5.83. The Morgan fingerprint density at radius 1 is 1.50 bits per heavy atom. The minimum atomic E-state index is -0.579. The molecule has 2 N–H and O–H groups in total. The Labute approximate surface area is 121 Å². The van der Waals surface area contributed by atoms with E-state index in [1.807, 2.05) is 6.92 Å². The minimum Gasteiger partial charge on any atom is -0.387 e. The highest BCUT2D eigenvalue weighted by molar-refractivity contribution is 6.31. The zero-order valence-corrected chi connectivity index (χ0v) is 11.9. The van der Waals surface area contributed by atoms with Gasteiger partial charge >= 0.3 is 0 Å². The molecular weight excluding hydrogens is 278 g/mol. The first-order valence-corrected chi connectivity index (χ1v) is 7.00. The van der Waals surface area contributed by atoms with E-state index in [1.165, 1.54) is 0 Å². The molecule has 0 bridgehead atoms. The number of hydrogen-bond acceptors (Lipinski definition) is 4. The Balaban J connectivity index is 1.84. The molecule has 1 aromatic heterocycles. The molecule has 5 nitrogen and oxygen atoms in total. The van der Waals surface area contributed by atoms with Gasteiger partial charge in [-0.1, -0.05) is 18.5 Å². The topological polar surface area (TPSA) is 69.2 Å². The van der Waals surface area contributed by atoms with E-state index in [1.54, 1.807) is 18.2 Å². The quantitative estimate of drug-likeness (QED) is 0.900. The summed E-state index contributed by atoms with van der Waals surface area (Å²) in [6.07, 6.45) is 0.740. The van der Waals surface area contributed by atoms with E-state index >= 15 is 0 Å². The third-order valence-corrected chi connectivity index (χ3v) is 4.02. The van der Waals surface area contributed by atoms with Crippen LogP contribution in [0, 0.1) is 0 Å². The fraction of sp³-hybridized carbons (Fsp3) is 0.429. The number of likely N-dealkylation sites (tertiary alicyclic amines) is 1. The zero-order chi connectivity index (χ0) is 14.3. The number of nitrogens with one attached hydrogen (secondary N) is 1. The van der Waals surface area contributed by atoms with Crippen molar-refractivity contribution in [1.29, 1.82) is 0 Å². The first-order valence-electron chi connectivity index (χ1n) is 6.62. The maximum Gasteiger partial charge on any atom is 0.258 e. The molecule has 0 spiro atoms. The van der Waals surface area contributed by atoms with Crippen LogP contribution in [-0.4, -0.2) is 38.7 Å². The molecule has 0 atom stereocenters. The fourth-order valence-corrected chi connectivity index (χ4v) is 2.74. The van der Waals surface area contributed by atoms with E-state index in [4.69, 9.17) is 11.6 Å². The summed E-state index contributed by atoms with van der Waals surface area (Å²) in [5, 5.41) is 11.0. The van der Waals surface area contributed by atoms with Crippen LogP contribution < -0.4 is 5.56 Å². The summed E-state index contributed by atoms with van der Waals surface area (Å²) in [7, 11) is 0. The molecule has 0 aliphatic carbocycles. The summed E-state index contributed by atoms with van der Waals surface area (Å²) in [6, 6.07) is 5.08. The maximum absolute atomic E-state index is 12.0. The number of nitrogens with zero attached hydrogens (tertiary/aromatic N) is 2. The normalized spacial score (nSPS) is 18.1. The number of fused-ring (bicyclic) bond motifs is 1. The minimum absolute atomic E-state index is 0.182. The predicted molar refractivity (Wildman–Crippen MR) is 77.9 cm³/mol. The van der Waals surface area contributed by atoms with Crippen molar-refractivity contribution in [3.8, 4) is 0 Å². The molecule has 0 amide bonds. The van der Waals surface area contributed by atoms with Gasteiger partial charge in [0.1, 0.15) is 5.82 Å². The van der Waals surface area contributed by atoms with E-state index in [2.05, 4.69) is 14.9 Å². The summed E-state index contributed by atoms with van der Waals surface area (Å²) < 4.78 is 0. The van der Waals surface area contributed by atoms with Crippen LogP contribution in [0.15, 0.2) is 23.0 Å². The lowest BCUT2D eigenvalue weighted by atomic mass is 9.91. The van der Waals surface area contributed by atoms with Gasteiger partial charge in [0, 0.05) is 18.1 Å². The van der Waals surface area contributed by atoms with Crippen LogP contribution in [0.2, 0.25) is 5.02 Å². The molecule has 1 aromatic carbocycles. The largest absolute Gasteiger partial charge is 0.387 e. The second-order valence-electron chi connectivity index (χ2n) is 5.40. The highest BCUT2D eigenvalue weighted by atomic mass is 35.5. The van der Waals surface area contributed by atoms with Crippen molar-refractivity contribution >= 4 is 22.5 Å². The SMILES string of the molecule is CCC1(O)CN(Cc2nc3ccc(Cl)cc3c(=O)[nH]2)C1. The number of aromatic nitrogens is 2. The van der Waals surface area contributed by atoms with Gasteiger partial charge in [-0.15, -0.1) is 0 Å². The van der Waals surface area contributed by atoms with Gasteiger partial charge in [-0.25, -0.2) is 4.98 Å². The molecule has 1 aliphatic heterocycles. The van der Waals surface area contributed by atoms with Crippen molar-refractivity contribution in [2.75, 3.05) is 13.1 Å². The van der Waals surface area contributed by atoms with E-state index in [-0.39, 0.29) is 5.56 Å².